The molecule has 0 heterocycles. The highest BCUT2D eigenvalue weighted by Crippen LogP contribution is 2.25. The molecule has 0 bridgehead atoms. The largest absolute Gasteiger partial charge is 0.479 e. The van der Waals surface area contributed by atoms with Crippen LogP contribution in [-0.2, 0) is 11.2 Å². The molecule has 0 saturated heterocycles. The number of hydrogen-bond acceptors (Lipinski definition) is 4. The molecule has 0 aliphatic heterocycles. The van der Waals surface area contributed by atoms with Crippen molar-refractivity contribution in [1.29, 1.82) is 0 Å². The van der Waals surface area contributed by atoms with Crippen LogP contribution in [0.3, 0.4) is 0 Å². The van der Waals surface area contributed by atoms with Gasteiger partial charge >= 0.3 is 5.97 Å². The molecule has 86 valence electrons. The maximum atomic E-state index is 10.5. The standard InChI is InChI=1S/C9H8ClNO5/c10-6-2-1-5(3-7(6)11(15)16)4-8(12)9(13)14/h1-3,8,12H,4H2,(H,13,14). The third kappa shape index (κ3) is 2.91. The summed E-state index contributed by atoms with van der Waals surface area (Å²) in [6, 6.07) is 3.87. The third-order valence-corrected chi connectivity index (χ3v) is 2.24. The molecule has 0 radical (unpaired) electrons. The van der Waals surface area contributed by atoms with Crippen LogP contribution in [0, 0.1) is 10.1 Å². The number of nitro groups is 1. The van der Waals surface area contributed by atoms with Crippen LogP contribution in [0.5, 0.6) is 0 Å². The zero-order valence-electron chi connectivity index (χ0n) is 7.96. The number of rotatable bonds is 4. The van der Waals surface area contributed by atoms with E-state index in [4.69, 9.17) is 21.8 Å². The lowest BCUT2D eigenvalue weighted by atomic mass is 10.1. The Morgan fingerprint density at radius 3 is 2.69 bits per heavy atom. The summed E-state index contributed by atoms with van der Waals surface area (Å²) in [5.74, 6) is -1.38. The topological polar surface area (TPSA) is 101 Å². The summed E-state index contributed by atoms with van der Waals surface area (Å²) in [5.41, 5.74) is 0.0303. The molecule has 1 aromatic carbocycles. The normalized spacial score (nSPS) is 12.1. The Morgan fingerprint density at radius 2 is 2.19 bits per heavy atom. The van der Waals surface area contributed by atoms with Crippen LogP contribution < -0.4 is 0 Å². The quantitative estimate of drug-likeness (QED) is 0.614. The van der Waals surface area contributed by atoms with Crippen molar-refractivity contribution in [3.8, 4) is 0 Å². The highest BCUT2D eigenvalue weighted by atomic mass is 35.5. The molecular weight excluding hydrogens is 238 g/mol. The number of carbonyl (C=O) groups is 1. The number of hydrogen-bond donors (Lipinski definition) is 2. The van der Waals surface area contributed by atoms with E-state index in [0.29, 0.717) is 5.56 Å². The van der Waals surface area contributed by atoms with Gasteiger partial charge in [0.15, 0.2) is 6.10 Å². The summed E-state index contributed by atoms with van der Waals surface area (Å²) in [7, 11) is 0. The summed E-state index contributed by atoms with van der Waals surface area (Å²) < 4.78 is 0. The fourth-order valence-electron chi connectivity index (χ4n) is 1.14. The molecule has 1 aromatic rings. The monoisotopic (exact) mass is 245 g/mol. The predicted octanol–water partition coefficient (Wildman–Crippen LogP) is 1.24. The molecule has 2 N–H and O–H groups in total. The summed E-state index contributed by atoms with van der Waals surface area (Å²) in [5, 5.41) is 28.0. The molecular formula is C9H8ClNO5. The van der Waals surface area contributed by atoms with Gasteiger partial charge in [0, 0.05) is 12.5 Å². The van der Waals surface area contributed by atoms with E-state index in [1.54, 1.807) is 0 Å². The number of carboxylic acids is 1. The average Bonchev–Trinajstić information content (AvgIpc) is 2.20. The Morgan fingerprint density at radius 1 is 1.56 bits per heavy atom. The first-order valence-electron chi connectivity index (χ1n) is 4.25. The molecule has 1 atom stereocenters. The molecule has 0 aliphatic carbocycles. The summed E-state index contributed by atoms with van der Waals surface area (Å²) in [4.78, 5) is 20.2. The Hall–Kier alpha value is -1.66. The second-order valence-corrected chi connectivity index (χ2v) is 3.51. The first-order valence-corrected chi connectivity index (χ1v) is 4.63. The minimum absolute atomic E-state index is 0.0291. The number of aliphatic hydroxyl groups excluding tert-OH is 1. The molecule has 7 heteroatoms. The number of aliphatic carboxylic acids is 1. The molecule has 0 aromatic heterocycles. The summed E-state index contributed by atoms with van der Waals surface area (Å²) in [6.45, 7) is 0. The second-order valence-electron chi connectivity index (χ2n) is 3.10. The molecule has 6 nitrogen and oxygen atoms in total. The minimum atomic E-state index is -1.58. The van der Waals surface area contributed by atoms with Gasteiger partial charge in [0.1, 0.15) is 5.02 Å². The van der Waals surface area contributed by atoms with E-state index >= 15 is 0 Å². The van der Waals surface area contributed by atoms with E-state index in [1.165, 1.54) is 12.1 Å². The fourth-order valence-corrected chi connectivity index (χ4v) is 1.32. The highest BCUT2D eigenvalue weighted by molar-refractivity contribution is 6.32. The van der Waals surface area contributed by atoms with Gasteiger partial charge in [-0.3, -0.25) is 10.1 Å². The lowest BCUT2D eigenvalue weighted by Gasteiger charge is -2.05. The van der Waals surface area contributed by atoms with E-state index in [-0.39, 0.29) is 17.1 Å². The van der Waals surface area contributed by atoms with Gasteiger partial charge in [0.05, 0.1) is 4.92 Å². The fraction of sp³-hybridized carbons (Fsp3) is 0.222. The maximum Gasteiger partial charge on any atom is 0.332 e. The van der Waals surface area contributed by atoms with Crippen molar-refractivity contribution in [3.63, 3.8) is 0 Å². The van der Waals surface area contributed by atoms with Gasteiger partial charge in [-0.05, 0) is 11.6 Å². The Bertz CT molecular complexity index is 434. The molecule has 16 heavy (non-hydrogen) atoms. The number of nitrogens with zero attached hydrogens (tertiary/aromatic N) is 1. The van der Waals surface area contributed by atoms with E-state index < -0.39 is 17.0 Å². The van der Waals surface area contributed by atoms with Crippen molar-refractivity contribution < 1.29 is 19.9 Å². The zero-order chi connectivity index (χ0) is 12.3. The molecule has 1 unspecified atom stereocenters. The van der Waals surface area contributed by atoms with Gasteiger partial charge in [-0.25, -0.2) is 4.79 Å². The molecule has 0 amide bonds. The summed E-state index contributed by atoms with van der Waals surface area (Å²) >= 11 is 5.57. The Kier molecular flexibility index (Phi) is 3.81. The van der Waals surface area contributed by atoms with E-state index in [9.17, 15) is 14.9 Å². The molecule has 0 saturated carbocycles. The lowest BCUT2D eigenvalue weighted by Crippen LogP contribution is -2.21. The molecule has 0 spiro atoms. The minimum Gasteiger partial charge on any atom is -0.479 e. The first kappa shape index (κ1) is 12.4. The van der Waals surface area contributed by atoms with Gasteiger partial charge in [-0.15, -0.1) is 0 Å². The van der Waals surface area contributed by atoms with Crippen LogP contribution in [-0.4, -0.2) is 27.2 Å². The van der Waals surface area contributed by atoms with Gasteiger partial charge < -0.3 is 10.2 Å². The van der Waals surface area contributed by atoms with Crippen molar-refractivity contribution in [2.45, 2.75) is 12.5 Å². The van der Waals surface area contributed by atoms with Gasteiger partial charge in [-0.1, -0.05) is 17.7 Å². The third-order valence-electron chi connectivity index (χ3n) is 1.92. The van der Waals surface area contributed by atoms with Crippen molar-refractivity contribution in [3.05, 3.63) is 38.9 Å². The number of aliphatic hydroxyl groups is 1. The number of halogens is 1. The van der Waals surface area contributed by atoms with Crippen molar-refractivity contribution in [2.24, 2.45) is 0 Å². The summed E-state index contributed by atoms with van der Waals surface area (Å²) in [6.07, 6.45) is -1.78. The molecule has 0 fully saturated rings. The van der Waals surface area contributed by atoms with Crippen LogP contribution in [0.15, 0.2) is 18.2 Å². The highest BCUT2D eigenvalue weighted by Gasteiger charge is 2.17. The SMILES string of the molecule is O=C(O)C(O)Cc1ccc(Cl)c([N+](=O)[O-])c1. The smallest absolute Gasteiger partial charge is 0.332 e. The van der Waals surface area contributed by atoms with Crippen LogP contribution in [0.1, 0.15) is 5.56 Å². The number of carboxylic acid groups (broad SMARTS) is 1. The van der Waals surface area contributed by atoms with Crippen molar-refractivity contribution in [1.82, 2.24) is 0 Å². The van der Waals surface area contributed by atoms with E-state index in [1.807, 2.05) is 0 Å². The second kappa shape index (κ2) is 4.91. The Labute approximate surface area is 95.2 Å². The Balaban J connectivity index is 2.95. The first-order chi connectivity index (χ1) is 7.41. The van der Waals surface area contributed by atoms with Crippen molar-refractivity contribution in [2.75, 3.05) is 0 Å². The van der Waals surface area contributed by atoms with Gasteiger partial charge in [0.25, 0.3) is 5.69 Å². The number of benzene rings is 1. The van der Waals surface area contributed by atoms with Crippen LogP contribution >= 0.6 is 11.6 Å². The average molecular weight is 246 g/mol. The lowest BCUT2D eigenvalue weighted by molar-refractivity contribution is -0.384. The van der Waals surface area contributed by atoms with Gasteiger partial charge in [0.2, 0.25) is 0 Å². The van der Waals surface area contributed by atoms with Crippen LogP contribution in [0.4, 0.5) is 5.69 Å². The molecule has 1 rings (SSSR count). The zero-order valence-corrected chi connectivity index (χ0v) is 8.72. The maximum absolute atomic E-state index is 10.5. The van der Waals surface area contributed by atoms with Gasteiger partial charge in [-0.2, -0.15) is 0 Å². The van der Waals surface area contributed by atoms with Crippen molar-refractivity contribution >= 4 is 23.3 Å². The van der Waals surface area contributed by atoms with Crippen LogP contribution in [0.2, 0.25) is 5.02 Å². The molecule has 0 aliphatic rings. The van der Waals surface area contributed by atoms with E-state index in [2.05, 4.69) is 0 Å². The number of nitro benzene ring substituents is 1. The van der Waals surface area contributed by atoms with E-state index in [0.717, 1.165) is 6.07 Å². The predicted molar refractivity (Wildman–Crippen MR) is 55.5 cm³/mol. The van der Waals surface area contributed by atoms with Crippen LogP contribution in [0.25, 0.3) is 0 Å².